The fourth-order valence-electron chi connectivity index (χ4n) is 6.17. The standard InChI is InChI=1S/C30H47NO5S/c1-2-3-4-5-6-7-8-9-10-11-12-13-14-15-18-31-30(36)26-27(34)24-21-16-17-22(19-21)25(24)28(35)29(26)37-20-23(32)33/h21-22,34-35H,2-20H2,1H3,(H,31,36)(H,32,33). The molecule has 2 atom stereocenters. The Kier molecular flexibility index (Phi) is 12.4. The van der Waals surface area contributed by atoms with Crippen LogP contribution in [0.2, 0.25) is 0 Å². The van der Waals surface area contributed by atoms with Gasteiger partial charge < -0.3 is 20.6 Å². The molecule has 1 fully saturated rings. The number of fused-ring (bicyclic) bond motifs is 5. The Hall–Kier alpha value is -1.89. The topological polar surface area (TPSA) is 107 Å². The summed E-state index contributed by atoms with van der Waals surface area (Å²) in [6, 6.07) is 0. The molecule has 1 aromatic rings. The van der Waals surface area contributed by atoms with E-state index in [1.54, 1.807) is 0 Å². The average molecular weight is 534 g/mol. The van der Waals surface area contributed by atoms with E-state index in [0.29, 0.717) is 12.1 Å². The van der Waals surface area contributed by atoms with Crippen molar-refractivity contribution in [3.05, 3.63) is 16.7 Å². The van der Waals surface area contributed by atoms with E-state index in [1.165, 1.54) is 70.6 Å². The lowest BCUT2D eigenvalue weighted by Gasteiger charge is -2.23. The molecular formula is C30H47NO5S. The average Bonchev–Trinajstić information content (AvgIpc) is 3.50. The SMILES string of the molecule is CCCCCCCCCCCCCCCCNC(=O)c1c(O)c2c(c(O)c1SCC(=O)O)C1CCC2C1. The largest absolute Gasteiger partial charge is 0.507 e. The van der Waals surface area contributed by atoms with E-state index in [2.05, 4.69) is 12.2 Å². The van der Waals surface area contributed by atoms with Crippen LogP contribution < -0.4 is 5.32 Å². The van der Waals surface area contributed by atoms with Gasteiger partial charge in [0.05, 0.1) is 16.2 Å². The molecule has 0 heterocycles. The van der Waals surface area contributed by atoms with Gasteiger partial charge in [-0.15, -0.1) is 11.8 Å². The maximum absolute atomic E-state index is 13.1. The molecule has 0 spiro atoms. The van der Waals surface area contributed by atoms with Crippen molar-refractivity contribution in [1.29, 1.82) is 0 Å². The van der Waals surface area contributed by atoms with E-state index >= 15 is 0 Å². The summed E-state index contributed by atoms with van der Waals surface area (Å²) in [5.41, 5.74) is 1.47. The zero-order valence-electron chi connectivity index (χ0n) is 22.7. The predicted octanol–water partition coefficient (Wildman–Crippen LogP) is 7.85. The fourth-order valence-corrected chi connectivity index (χ4v) is 7.01. The lowest BCUT2D eigenvalue weighted by atomic mass is 9.88. The third-order valence-corrected chi connectivity index (χ3v) is 9.19. The molecule has 1 aromatic carbocycles. The van der Waals surface area contributed by atoms with Gasteiger partial charge in [-0.05, 0) is 37.5 Å². The number of carboxylic acids is 1. The summed E-state index contributed by atoms with van der Waals surface area (Å²) in [7, 11) is 0. The van der Waals surface area contributed by atoms with Gasteiger partial charge in [0, 0.05) is 17.7 Å². The Morgan fingerprint density at radius 1 is 0.784 bits per heavy atom. The Labute approximate surface area is 227 Å². The van der Waals surface area contributed by atoms with Crippen LogP contribution in [0.5, 0.6) is 11.5 Å². The molecule has 4 N–H and O–H groups in total. The first kappa shape index (κ1) is 29.7. The molecule has 0 aromatic heterocycles. The number of nitrogens with one attached hydrogen (secondary N) is 1. The molecule has 0 radical (unpaired) electrons. The molecule has 0 aliphatic heterocycles. The zero-order chi connectivity index (χ0) is 26.6. The van der Waals surface area contributed by atoms with Gasteiger partial charge in [0.1, 0.15) is 11.5 Å². The van der Waals surface area contributed by atoms with Gasteiger partial charge in [-0.3, -0.25) is 9.59 Å². The van der Waals surface area contributed by atoms with Crippen LogP contribution in [0.1, 0.15) is 149 Å². The minimum Gasteiger partial charge on any atom is -0.507 e. The summed E-state index contributed by atoms with van der Waals surface area (Å²) >= 11 is 0.911. The lowest BCUT2D eigenvalue weighted by molar-refractivity contribution is -0.133. The van der Waals surface area contributed by atoms with Crippen LogP contribution in [0.15, 0.2) is 4.90 Å². The number of hydrogen-bond donors (Lipinski definition) is 4. The monoisotopic (exact) mass is 533 g/mol. The van der Waals surface area contributed by atoms with E-state index in [0.717, 1.165) is 55.9 Å². The summed E-state index contributed by atoms with van der Waals surface area (Å²) in [5, 5.41) is 34.1. The van der Waals surface area contributed by atoms with Crippen molar-refractivity contribution in [1.82, 2.24) is 5.32 Å². The van der Waals surface area contributed by atoms with Gasteiger partial charge in [-0.1, -0.05) is 90.4 Å². The normalized spacial score (nSPS) is 17.8. The summed E-state index contributed by atoms with van der Waals surface area (Å²) in [6.45, 7) is 2.76. The van der Waals surface area contributed by atoms with Crippen LogP contribution in [-0.2, 0) is 4.79 Å². The number of hydrogen-bond acceptors (Lipinski definition) is 5. The summed E-state index contributed by atoms with van der Waals surface area (Å²) < 4.78 is 0. The maximum Gasteiger partial charge on any atom is 0.313 e. The molecule has 0 saturated heterocycles. The quantitative estimate of drug-likeness (QED) is 0.0819. The molecule has 2 aliphatic rings. The van der Waals surface area contributed by atoms with E-state index in [-0.39, 0.29) is 39.5 Å². The number of benzene rings is 1. The van der Waals surface area contributed by atoms with Gasteiger partial charge in [0.15, 0.2) is 0 Å². The van der Waals surface area contributed by atoms with Gasteiger partial charge in [-0.2, -0.15) is 0 Å². The Morgan fingerprint density at radius 3 is 1.78 bits per heavy atom. The number of carbonyl (C=O) groups is 2. The minimum atomic E-state index is -1.03. The number of carboxylic acid groups (broad SMARTS) is 1. The van der Waals surface area contributed by atoms with E-state index in [1.807, 2.05) is 0 Å². The third-order valence-electron chi connectivity index (χ3n) is 8.11. The first-order valence-corrected chi connectivity index (χ1v) is 15.7. The van der Waals surface area contributed by atoms with Crippen LogP contribution in [0.3, 0.4) is 0 Å². The smallest absolute Gasteiger partial charge is 0.313 e. The number of thioether (sulfide) groups is 1. The highest BCUT2D eigenvalue weighted by Crippen LogP contribution is 2.61. The van der Waals surface area contributed by atoms with E-state index in [9.17, 15) is 19.8 Å². The molecular weight excluding hydrogens is 486 g/mol. The van der Waals surface area contributed by atoms with Crippen molar-refractivity contribution in [2.24, 2.45) is 0 Å². The number of unbranched alkanes of at least 4 members (excludes halogenated alkanes) is 13. The van der Waals surface area contributed by atoms with E-state index < -0.39 is 11.9 Å². The maximum atomic E-state index is 13.1. The Bertz CT molecular complexity index is 903. The molecule has 7 heteroatoms. The Morgan fingerprint density at radius 2 is 1.27 bits per heavy atom. The first-order chi connectivity index (χ1) is 18.0. The number of phenolic OH excluding ortho intramolecular Hbond substituents is 2. The molecule has 2 aliphatic carbocycles. The number of carbonyl (C=O) groups excluding carboxylic acids is 1. The highest BCUT2D eigenvalue weighted by atomic mass is 32.2. The number of phenols is 2. The van der Waals surface area contributed by atoms with Gasteiger partial charge >= 0.3 is 5.97 Å². The molecule has 1 saturated carbocycles. The van der Waals surface area contributed by atoms with Crippen molar-refractivity contribution in [3.8, 4) is 11.5 Å². The lowest BCUT2D eigenvalue weighted by Crippen LogP contribution is -2.26. The number of amides is 1. The van der Waals surface area contributed by atoms with Crippen molar-refractivity contribution in [3.63, 3.8) is 0 Å². The van der Waals surface area contributed by atoms with Crippen LogP contribution in [0, 0.1) is 0 Å². The van der Waals surface area contributed by atoms with Crippen LogP contribution in [0.4, 0.5) is 0 Å². The summed E-state index contributed by atoms with van der Waals surface area (Å²) in [5.74, 6) is -1.46. The molecule has 2 bridgehead atoms. The molecule has 37 heavy (non-hydrogen) atoms. The van der Waals surface area contributed by atoms with Crippen LogP contribution in [0.25, 0.3) is 0 Å². The van der Waals surface area contributed by atoms with Gasteiger partial charge in [-0.25, -0.2) is 0 Å². The van der Waals surface area contributed by atoms with Gasteiger partial charge in [0.2, 0.25) is 0 Å². The molecule has 6 nitrogen and oxygen atoms in total. The molecule has 208 valence electrons. The van der Waals surface area contributed by atoms with Crippen molar-refractivity contribution in [2.75, 3.05) is 12.3 Å². The number of aromatic hydroxyl groups is 2. The summed E-state index contributed by atoms with van der Waals surface area (Å²) in [6.07, 6.45) is 20.6. The number of aliphatic carboxylic acids is 1. The fraction of sp³-hybridized carbons (Fsp3) is 0.733. The third kappa shape index (κ3) is 8.30. The van der Waals surface area contributed by atoms with Crippen molar-refractivity contribution >= 4 is 23.6 Å². The number of rotatable bonds is 19. The first-order valence-electron chi connectivity index (χ1n) is 14.7. The van der Waals surface area contributed by atoms with Crippen LogP contribution >= 0.6 is 11.8 Å². The second kappa shape index (κ2) is 15.5. The molecule has 3 rings (SSSR count). The predicted molar refractivity (Wildman–Crippen MR) is 150 cm³/mol. The van der Waals surface area contributed by atoms with Crippen molar-refractivity contribution in [2.45, 2.75) is 133 Å². The highest BCUT2D eigenvalue weighted by molar-refractivity contribution is 8.00. The zero-order valence-corrected chi connectivity index (χ0v) is 23.5. The second-order valence-corrected chi connectivity index (χ2v) is 12.0. The minimum absolute atomic E-state index is 0.00658. The van der Waals surface area contributed by atoms with Gasteiger partial charge in [0.25, 0.3) is 5.91 Å². The Balaban J connectivity index is 1.38. The summed E-state index contributed by atoms with van der Waals surface area (Å²) in [4.78, 5) is 24.5. The molecule has 2 unspecified atom stereocenters. The van der Waals surface area contributed by atoms with Crippen molar-refractivity contribution < 1.29 is 24.9 Å². The second-order valence-electron chi connectivity index (χ2n) is 11.0. The van der Waals surface area contributed by atoms with E-state index in [4.69, 9.17) is 5.11 Å². The highest BCUT2D eigenvalue weighted by Gasteiger charge is 2.43. The molecule has 1 amide bonds. The van der Waals surface area contributed by atoms with Crippen LogP contribution in [-0.4, -0.2) is 39.5 Å².